The van der Waals surface area contributed by atoms with Gasteiger partial charge in [0.25, 0.3) is 5.91 Å². The fourth-order valence-electron chi connectivity index (χ4n) is 2.42. The number of nitrogens with one attached hydrogen (secondary N) is 2. The lowest BCUT2D eigenvalue weighted by Gasteiger charge is -2.12. The van der Waals surface area contributed by atoms with E-state index in [-0.39, 0.29) is 5.91 Å². The van der Waals surface area contributed by atoms with Gasteiger partial charge < -0.3 is 14.8 Å². The van der Waals surface area contributed by atoms with Crippen molar-refractivity contribution < 1.29 is 14.3 Å². The summed E-state index contributed by atoms with van der Waals surface area (Å²) >= 11 is 0. The Balaban J connectivity index is 1.81. The van der Waals surface area contributed by atoms with Crippen LogP contribution in [0.25, 0.3) is 10.9 Å². The van der Waals surface area contributed by atoms with E-state index in [2.05, 4.69) is 15.5 Å². The largest absolute Gasteiger partial charge is 0.490 e. The van der Waals surface area contributed by atoms with Gasteiger partial charge >= 0.3 is 0 Å². The summed E-state index contributed by atoms with van der Waals surface area (Å²) in [6, 6.07) is 10.7. The van der Waals surface area contributed by atoms with E-state index in [4.69, 9.17) is 9.47 Å². The van der Waals surface area contributed by atoms with Crippen molar-refractivity contribution in [2.75, 3.05) is 18.5 Å². The van der Waals surface area contributed by atoms with Gasteiger partial charge in [0.1, 0.15) is 0 Å². The highest BCUT2D eigenvalue weighted by Crippen LogP contribution is 2.29. The lowest BCUT2D eigenvalue weighted by molar-refractivity contribution is 0.102. The molecule has 1 amide bonds. The van der Waals surface area contributed by atoms with E-state index in [1.54, 1.807) is 24.4 Å². The normalized spacial score (nSPS) is 10.6. The van der Waals surface area contributed by atoms with E-state index in [9.17, 15) is 4.79 Å². The van der Waals surface area contributed by atoms with E-state index >= 15 is 0 Å². The molecule has 0 spiro atoms. The molecular formula is C18H19N3O3. The van der Waals surface area contributed by atoms with Crippen LogP contribution in [0.4, 0.5) is 5.69 Å². The molecule has 124 valence electrons. The average molecular weight is 325 g/mol. The molecule has 0 aliphatic heterocycles. The summed E-state index contributed by atoms with van der Waals surface area (Å²) in [5, 5.41) is 10.7. The maximum atomic E-state index is 12.5. The van der Waals surface area contributed by atoms with Gasteiger partial charge in [-0.15, -0.1) is 0 Å². The first-order valence-corrected chi connectivity index (χ1v) is 7.85. The van der Waals surface area contributed by atoms with Crippen LogP contribution in [0.1, 0.15) is 24.2 Å². The number of hydrogen-bond acceptors (Lipinski definition) is 4. The molecule has 0 bridgehead atoms. The van der Waals surface area contributed by atoms with Gasteiger partial charge in [-0.2, -0.15) is 5.10 Å². The zero-order valence-corrected chi connectivity index (χ0v) is 13.6. The SMILES string of the molecule is CCOc1ccc(C(=O)Nc2ccc3[nH]ncc3c2)cc1OCC. The molecule has 6 heteroatoms. The van der Waals surface area contributed by atoms with E-state index in [1.807, 2.05) is 32.0 Å². The van der Waals surface area contributed by atoms with Crippen molar-refractivity contribution >= 4 is 22.5 Å². The van der Waals surface area contributed by atoms with Gasteiger partial charge in [-0.05, 0) is 50.2 Å². The van der Waals surface area contributed by atoms with Crippen LogP contribution >= 0.6 is 0 Å². The highest BCUT2D eigenvalue weighted by molar-refractivity contribution is 6.05. The van der Waals surface area contributed by atoms with Crippen LogP contribution in [-0.2, 0) is 0 Å². The minimum absolute atomic E-state index is 0.207. The fourth-order valence-corrected chi connectivity index (χ4v) is 2.42. The minimum Gasteiger partial charge on any atom is -0.490 e. The molecule has 0 atom stereocenters. The summed E-state index contributed by atoms with van der Waals surface area (Å²) in [6.45, 7) is 4.84. The monoisotopic (exact) mass is 325 g/mol. The molecule has 0 aliphatic carbocycles. The van der Waals surface area contributed by atoms with Crippen molar-refractivity contribution in [3.05, 3.63) is 48.2 Å². The second kappa shape index (κ2) is 7.04. The Bertz CT molecular complexity index is 858. The molecule has 2 N–H and O–H groups in total. The van der Waals surface area contributed by atoms with E-state index in [1.165, 1.54) is 0 Å². The third-order valence-electron chi connectivity index (χ3n) is 3.50. The fraction of sp³-hybridized carbons (Fsp3) is 0.222. The van der Waals surface area contributed by atoms with Crippen molar-refractivity contribution in [2.24, 2.45) is 0 Å². The Labute approximate surface area is 139 Å². The maximum absolute atomic E-state index is 12.5. The van der Waals surface area contributed by atoms with Crippen molar-refractivity contribution in [1.82, 2.24) is 10.2 Å². The zero-order chi connectivity index (χ0) is 16.9. The lowest BCUT2D eigenvalue weighted by Crippen LogP contribution is -2.12. The van der Waals surface area contributed by atoms with Crippen LogP contribution < -0.4 is 14.8 Å². The van der Waals surface area contributed by atoms with Gasteiger partial charge in [-0.3, -0.25) is 9.89 Å². The Morgan fingerprint density at radius 3 is 2.67 bits per heavy atom. The Hall–Kier alpha value is -3.02. The number of H-pyrrole nitrogens is 1. The molecule has 2 aromatic carbocycles. The Morgan fingerprint density at radius 2 is 1.88 bits per heavy atom. The second-order valence-corrected chi connectivity index (χ2v) is 5.15. The Morgan fingerprint density at radius 1 is 1.08 bits per heavy atom. The number of aromatic nitrogens is 2. The third kappa shape index (κ3) is 3.32. The number of ether oxygens (including phenoxy) is 2. The first kappa shape index (κ1) is 15.9. The molecule has 0 radical (unpaired) electrons. The molecule has 0 aliphatic rings. The molecule has 1 heterocycles. The van der Waals surface area contributed by atoms with E-state index < -0.39 is 0 Å². The molecule has 0 saturated heterocycles. The summed E-state index contributed by atoms with van der Waals surface area (Å²) in [7, 11) is 0. The van der Waals surface area contributed by atoms with E-state index in [0.717, 1.165) is 10.9 Å². The summed E-state index contributed by atoms with van der Waals surface area (Å²) in [4.78, 5) is 12.5. The second-order valence-electron chi connectivity index (χ2n) is 5.15. The highest BCUT2D eigenvalue weighted by Gasteiger charge is 2.12. The van der Waals surface area contributed by atoms with Gasteiger partial charge in [-0.1, -0.05) is 0 Å². The standard InChI is InChI=1S/C18H19N3O3/c1-3-23-16-8-5-12(10-17(16)24-4-2)18(22)20-14-6-7-15-13(9-14)11-19-21-15/h5-11H,3-4H2,1-2H3,(H,19,21)(H,20,22). The number of nitrogens with zero attached hydrogens (tertiary/aromatic N) is 1. The maximum Gasteiger partial charge on any atom is 0.255 e. The van der Waals surface area contributed by atoms with Gasteiger partial charge in [0.15, 0.2) is 11.5 Å². The van der Waals surface area contributed by atoms with Crippen LogP contribution in [0.5, 0.6) is 11.5 Å². The van der Waals surface area contributed by atoms with Crippen LogP contribution in [-0.4, -0.2) is 29.3 Å². The predicted octanol–water partition coefficient (Wildman–Crippen LogP) is 3.61. The first-order valence-electron chi connectivity index (χ1n) is 7.85. The van der Waals surface area contributed by atoms with Crippen molar-refractivity contribution in [3.8, 4) is 11.5 Å². The first-order chi connectivity index (χ1) is 11.7. The van der Waals surface area contributed by atoms with Crippen molar-refractivity contribution in [3.63, 3.8) is 0 Å². The smallest absolute Gasteiger partial charge is 0.255 e. The molecule has 0 unspecified atom stereocenters. The summed E-state index contributed by atoms with van der Waals surface area (Å²) < 4.78 is 11.1. The van der Waals surface area contributed by atoms with Crippen molar-refractivity contribution in [1.29, 1.82) is 0 Å². The highest BCUT2D eigenvalue weighted by atomic mass is 16.5. The number of rotatable bonds is 6. The van der Waals surface area contributed by atoms with Crippen molar-refractivity contribution in [2.45, 2.75) is 13.8 Å². The summed E-state index contributed by atoms with van der Waals surface area (Å²) in [5.74, 6) is 0.995. The number of fused-ring (bicyclic) bond motifs is 1. The zero-order valence-electron chi connectivity index (χ0n) is 13.6. The molecular weight excluding hydrogens is 306 g/mol. The summed E-state index contributed by atoms with van der Waals surface area (Å²) in [6.07, 6.45) is 1.72. The molecule has 0 fully saturated rings. The summed E-state index contributed by atoms with van der Waals surface area (Å²) in [5.41, 5.74) is 2.14. The van der Waals surface area contributed by atoms with E-state index in [0.29, 0.717) is 36.0 Å². The number of carbonyl (C=O) groups excluding carboxylic acids is 1. The number of benzene rings is 2. The number of amides is 1. The predicted molar refractivity (Wildman–Crippen MR) is 92.8 cm³/mol. The minimum atomic E-state index is -0.207. The average Bonchev–Trinajstić information content (AvgIpc) is 3.04. The van der Waals surface area contributed by atoms with Gasteiger partial charge in [-0.25, -0.2) is 0 Å². The topological polar surface area (TPSA) is 76.2 Å². The number of hydrogen-bond donors (Lipinski definition) is 2. The molecule has 3 rings (SSSR count). The lowest BCUT2D eigenvalue weighted by atomic mass is 10.1. The van der Waals surface area contributed by atoms with Gasteiger partial charge in [0.05, 0.1) is 24.9 Å². The van der Waals surface area contributed by atoms with Crippen LogP contribution in [0.2, 0.25) is 0 Å². The molecule has 24 heavy (non-hydrogen) atoms. The number of anilines is 1. The van der Waals surface area contributed by atoms with Crippen LogP contribution in [0, 0.1) is 0 Å². The molecule has 3 aromatic rings. The third-order valence-corrected chi connectivity index (χ3v) is 3.50. The molecule has 0 saturated carbocycles. The van der Waals surface area contributed by atoms with Gasteiger partial charge in [0.2, 0.25) is 0 Å². The number of aromatic amines is 1. The number of carbonyl (C=O) groups is 1. The molecule has 6 nitrogen and oxygen atoms in total. The van der Waals surface area contributed by atoms with Crippen LogP contribution in [0.3, 0.4) is 0 Å². The molecule has 1 aromatic heterocycles. The quantitative estimate of drug-likeness (QED) is 0.726. The van der Waals surface area contributed by atoms with Gasteiger partial charge in [0, 0.05) is 16.6 Å². The Kier molecular flexibility index (Phi) is 4.65. The van der Waals surface area contributed by atoms with Crippen LogP contribution in [0.15, 0.2) is 42.6 Å².